The average molecular weight is 319 g/mol. The summed E-state index contributed by atoms with van der Waals surface area (Å²) in [5.74, 6) is 0.173. The number of aryl methyl sites for hydroxylation is 2. The maximum Gasteiger partial charge on any atom is 0.226 e. The second-order valence-electron chi connectivity index (χ2n) is 4.56. The van der Waals surface area contributed by atoms with Crippen LogP contribution in [-0.4, -0.2) is 13.5 Å². The molecular weight excluding hydrogens is 306 g/mol. The minimum Gasteiger partial charge on any atom is -0.507 e. The van der Waals surface area contributed by atoms with Crippen molar-refractivity contribution in [2.75, 3.05) is 0 Å². The van der Waals surface area contributed by atoms with E-state index in [1.807, 2.05) is 0 Å². The Kier molecular flexibility index (Phi) is 4.16. The minimum atomic E-state index is -3.79. The number of hydrogen-bond donors (Lipinski definition) is 1. The molecule has 0 amide bonds. The van der Waals surface area contributed by atoms with E-state index in [0.717, 1.165) is 11.3 Å². The number of aromatic hydroxyl groups is 1. The van der Waals surface area contributed by atoms with Crippen molar-refractivity contribution in [1.29, 1.82) is 5.26 Å². The van der Waals surface area contributed by atoms with Crippen molar-refractivity contribution in [3.05, 3.63) is 51.2 Å². The maximum atomic E-state index is 12.3. The molecule has 0 saturated carbocycles. The Bertz CT molecular complexity index is 819. The molecule has 0 atom stereocenters. The highest BCUT2D eigenvalue weighted by Gasteiger charge is 2.21. The molecule has 1 N–H and O–H groups in total. The van der Waals surface area contributed by atoms with E-state index in [1.165, 1.54) is 12.1 Å². The van der Waals surface area contributed by atoms with Crippen molar-refractivity contribution in [3.8, 4) is 11.8 Å². The Labute approximate surface area is 127 Å². The normalized spacial score (nSPS) is 12.1. The van der Waals surface area contributed by atoms with E-state index in [4.69, 9.17) is 0 Å². The molecule has 0 radical (unpaired) electrons. The summed E-state index contributed by atoms with van der Waals surface area (Å²) < 4.78 is 24.8. The van der Waals surface area contributed by atoms with Crippen molar-refractivity contribution < 1.29 is 13.5 Å². The molecule has 0 fully saturated rings. The Hall–Kier alpha value is -2.10. The standard InChI is InChI=1S/C15H13NO3S2/c1-10-6-12(7-11(2)15(10)17)8-13(9-16)21(18,19)14-4-3-5-20-14/h3-8,17H,1-2H3. The van der Waals surface area contributed by atoms with Gasteiger partial charge in [-0.25, -0.2) is 8.42 Å². The van der Waals surface area contributed by atoms with Gasteiger partial charge in [-0.3, -0.25) is 0 Å². The van der Waals surface area contributed by atoms with Gasteiger partial charge in [-0.2, -0.15) is 5.26 Å². The van der Waals surface area contributed by atoms with Crippen molar-refractivity contribution in [1.82, 2.24) is 0 Å². The quantitative estimate of drug-likeness (QED) is 0.879. The van der Waals surface area contributed by atoms with Gasteiger partial charge in [0.25, 0.3) is 0 Å². The number of nitrogens with zero attached hydrogens (tertiary/aromatic N) is 1. The third kappa shape index (κ3) is 2.99. The highest BCUT2D eigenvalue weighted by atomic mass is 32.2. The topological polar surface area (TPSA) is 78.2 Å². The zero-order valence-electron chi connectivity index (χ0n) is 11.5. The molecule has 0 aliphatic carbocycles. The predicted octanol–water partition coefficient (Wildman–Crippen LogP) is 3.41. The molecule has 0 unspecified atom stereocenters. The van der Waals surface area contributed by atoms with E-state index in [9.17, 15) is 18.8 Å². The van der Waals surface area contributed by atoms with Crippen molar-refractivity contribution in [2.45, 2.75) is 18.1 Å². The zero-order valence-corrected chi connectivity index (χ0v) is 13.1. The van der Waals surface area contributed by atoms with Crippen LogP contribution in [0.15, 0.2) is 38.8 Å². The van der Waals surface area contributed by atoms with Crippen LogP contribution in [0.3, 0.4) is 0 Å². The lowest BCUT2D eigenvalue weighted by atomic mass is 10.1. The first-order valence-electron chi connectivity index (χ1n) is 6.07. The number of sulfone groups is 1. The lowest BCUT2D eigenvalue weighted by Gasteiger charge is -2.05. The number of hydrogen-bond acceptors (Lipinski definition) is 5. The highest BCUT2D eigenvalue weighted by molar-refractivity contribution is 7.97. The molecule has 0 spiro atoms. The first-order valence-corrected chi connectivity index (χ1v) is 8.43. The number of benzene rings is 1. The summed E-state index contributed by atoms with van der Waals surface area (Å²) in [7, 11) is -3.79. The van der Waals surface area contributed by atoms with E-state index in [2.05, 4.69) is 0 Å². The van der Waals surface area contributed by atoms with Crippen LogP contribution in [0.4, 0.5) is 0 Å². The van der Waals surface area contributed by atoms with E-state index in [1.54, 1.807) is 43.5 Å². The highest BCUT2D eigenvalue weighted by Crippen LogP contribution is 2.28. The van der Waals surface area contributed by atoms with Gasteiger partial charge in [0.1, 0.15) is 16.0 Å². The van der Waals surface area contributed by atoms with Crippen LogP contribution >= 0.6 is 11.3 Å². The van der Waals surface area contributed by atoms with E-state index in [-0.39, 0.29) is 14.9 Å². The lowest BCUT2D eigenvalue weighted by Crippen LogP contribution is -2.01. The van der Waals surface area contributed by atoms with E-state index < -0.39 is 9.84 Å². The number of thiophene rings is 1. The van der Waals surface area contributed by atoms with Gasteiger partial charge in [0, 0.05) is 0 Å². The lowest BCUT2D eigenvalue weighted by molar-refractivity contribution is 0.467. The zero-order chi connectivity index (χ0) is 15.6. The van der Waals surface area contributed by atoms with Crippen LogP contribution < -0.4 is 0 Å². The molecule has 4 nitrogen and oxygen atoms in total. The monoisotopic (exact) mass is 319 g/mol. The smallest absolute Gasteiger partial charge is 0.226 e. The number of allylic oxidation sites excluding steroid dienone is 1. The summed E-state index contributed by atoms with van der Waals surface area (Å²) in [6, 6.07) is 8.13. The fourth-order valence-corrected chi connectivity index (χ4v) is 4.20. The van der Waals surface area contributed by atoms with Crippen LogP contribution in [0.5, 0.6) is 5.75 Å². The summed E-state index contributed by atoms with van der Waals surface area (Å²) in [6.07, 6.45) is 1.33. The molecule has 1 aromatic carbocycles. The summed E-state index contributed by atoms with van der Waals surface area (Å²) in [4.78, 5) is -0.311. The first kappa shape index (κ1) is 15.3. The van der Waals surface area contributed by atoms with Gasteiger partial charge in [0.2, 0.25) is 9.84 Å². The summed E-state index contributed by atoms with van der Waals surface area (Å²) in [5, 5.41) is 20.6. The van der Waals surface area contributed by atoms with Gasteiger partial charge in [0.05, 0.1) is 0 Å². The summed E-state index contributed by atoms with van der Waals surface area (Å²) in [6.45, 7) is 3.44. The number of phenols is 1. The summed E-state index contributed by atoms with van der Waals surface area (Å²) in [5.41, 5.74) is 1.83. The molecule has 0 aliphatic rings. The Morgan fingerprint density at radius 1 is 1.33 bits per heavy atom. The van der Waals surface area contributed by atoms with Gasteiger partial charge in [-0.05, 0) is 60.2 Å². The molecule has 21 heavy (non-hydrogen) atoms. The SMILES string of the molecule is Cc1cc(C=C(C#N)S(=O)(=O)c2cccs2)cc(C)c1O. The predicted molar refractivity (Wildman–Crippen MR) is 82.7 cm³/mol. The third-order valence-electron chi connectivity index (χ3n) is 2.97. The second-order valence-corrected chi connectivity index (χ2v) is 7.65. The molecule has 1 heterocycles. The minimum absolute atomic E-state index is 0.141. The fourth-order valence-electron chi connectivity index (χ4n) is 1.92. The molecule has 0 saturated heterocycles. The molecular formula is C15H13NO3S2. The number of rotatable bonds is 3. The third-order valence-corrected chi connectivity index (χ3v) is 6.03. The summed E-state index contributed by atoms with van der Waals surface area (Å²) >= 11 is 1.07. The van der Waals surface area contributed by atoms with Crippen LogP contribution in [0.25, 0.3) is 6.08 Å². The van der Waals surface area contributed by atoms with Crippen molar-refractivity contribution in [3.63, 3.8) is 0 Å². The van der Waals surface area contributed by atoms with Crippen LogP contribution in [0, 0.1) is 25.2 Å². The Morgan fingerprint density at radius 3 is 2.43 bits per heavy atom. The molecule has 0 bridgehead atoms. The van der Waals surface area contributed by atoms with Gasteiger partial charge in [-0.1, -0.05) is 6.07 Å². The van der Waals surface area contributed by atoms with Gasteiger partial charge >= 0.3 is 0 Å². The molecule has 0 aliphatic heterocycles. The number of nitriles is 1. The maximum absolute atomic E-state index is 12.3. The molecule has 6 heteroatoms. The molecule has 1 aromatic heterocycles. The van der Waals surface area contributed by atoms with Gasteiger partial charge in [-0.15, -0.1) is 11.3 Å². The molecule has 108 valence electrons. The molecule has 2 rings (SSSR count). The first-order chi connectivity index (χ1) is 9.86. The molecule has 2 aromatic rings. The largest absolute Gasteiger partial charge is 0.507 e. The Balaban J connectivity index is 2.55. The van der Waals surface area contributed by atoms with Crippen LogP contribution in [0.2, 0.25) is 0 Å². The Morgan fingerprint density at radius 2 is 1.95 bits per heavy atom. The van der Waals surface area contributed by atoms with Gasteiger partial charge in [0.15, 0.2) is 4.91 Å². The van der Waals surface area contributed by atoms with Gasteiger partial charge < -0.3 is 5.11 Å². The fraction of sp³-hybridized carbons (Fsp3) is 0.133. The van der Waals surface area contributed by atoms with E-state index >= 15 is 0 Å². The second kappa shape index (κ2) is 5.72. The number of phenolic OH excluding ortho intramolecular Hbond substituents is 1. The van der Waals surface area contributed by atoms with Crippen LogP contribution in [0.1, 0.15) is 16.7 Å². The van der Waals surface area contributed by atoms with Crippen molar-refractivity contribution in [2.24, 2.45) is 0 Å². The van der Waals surface area contributed by atoms with Crippen LogP contribution in [-0.2, 0) is 9.84 Å². The van der Waals surface area contributed by atoms with Crippen molar-refractivity contribution >= 4 is 27.3 Å². The average Bonchev–Trinajstić information content (AvgIpc) is 2.96. The van der Waals surface area contributed by atoms with E-state index in [0.29, 0.717) is 16.7 Å².